The van der Waals surface area contributed by atoms with Crippen molar-refractivity contribution in [3.8, 4) is 0 Å². The molecule has 0 aliphatic carbocycles. The zero-order valence-corrected chi connectivity index (χ0v) is 21.7. The van der Waals surface area contributed by atoms with Gasteiger partial charge in [0.25, 0.3) is 0 Å². The number of hydrogen-bond acceptors (Lipinski definition) is 4. The van der Waals surface area contributed by atoms with Crippen molar-refractivity contribution in [2.45, 2.75) is 52.6 Å². The molecule has 0 fully saturated rings. The maximum absolute atomic E-state index is 14.3. The highest BCUT2D eigenvalue weighted by molar-refractivity contribution is 7.92. The Morgan fingerprint density at radius 1 is 1.03 bits per heavy atom. The van der Waals surface area contributed by atoms with Crippen LogP contribution >= 0.6 is 0 Å². The van der Waals surface area contributed by atoms with E-state index in [4.69, 9.17) is 0 Å². The van der Waals surface area contributed by atoms with Crippen molar-refractivity contribution in [2.75, 3.05) is 23.7 Å². The predicted molar refractivity (Wildman–Crippen MR) is 137 cm³/mol. The van der Waals surface area contributed by atoms with Crippen LogP contribution in [-0.4, -0.2) is 50.5 Å². The Balaban J connectivity index is 2.19. The Labute approximate surface area is 208 Å². The third kappa shape index (κ3) is 8.65. The quantitative estimate of drug-likeness (QED) is 0.447. The molecule has 2 rings (SSSR count). The maximum Gasteiger partial charge on any atom is 0.242 e. The van der Waals surface area contributed by atoms with Gasteiger partial charge in [-0.3, -0.25) is 13.9 Å². The van der Waals surface area contributed by atoms with E-state index in [9.17, 15) is 22.4 Å². The van der Waals surface area contributed by atoms with E-state index in [1.54, 1.807) is 11.0 Å². The van der Waals surface area contributed by atoms with E-state index in [1.165, 1.54) is 18.2 Å². The smallest absolute Gasteiger partial charge is 0.242 e. The largest absolute Gasteiger partial charge is 0.354 e. The van der Waals surface area contributed by atoms with Gasteiger partial charge in [0.15, 0.2) is 0 Å². The second-order valence-corrected chi connectivity index (χ2v) is 10.9. The van der Waals surface area contributed by atoms with Gasteiger partial charge in [0, 0.05) is 26.1 Å². The van der Waals surface area contributed by atoms with Crippen LogP contribution in [0.15, 0.2) is 54.6 Å². The van der Waals surface area contributed by atoms with Gasteiger partial charge in [0.2, 0.25) is 21.8 Å². The van der Waals surface area contributed by atoms with Crippen molar-refractivity contribution in [3.63, 3.8) is 0 Å². The molecule has 35 heavy (non-hydrogen) atoms. The number of para-hydroxylation sites is 1. The fraction of sp³-hybridized carbons (Fsp3) is 0.462. The first-order valence-corrected chi connectivity index (χ1v) is 13.7. The lowest BCUT2D eigenvalue weighted by Gasteiger charge is -2.31. The summed E-state index contributed by atoms with van der Waals surface area (Å²) in [6.07, 6.45) is 1.64. The molecule has 1 N–H and O–H groups in total. The van der Waals surface area contributed by atoms with Gasteiger partial charge in [-0.05, 0) is 36.5 Å². The molecule has 192 valence electrons. The number of nitrogens with zero attached hydrogens (tertiary/aromatic N) is 2. The first kappa shape index (κ1) is 28.3. The number of anilines is 1. The average Bonchev–Trinajstić information content (AvgIpc) is 2.80. The Morgan fingerprint density at radius 2 is 1.66 bits per heavy atom. The van der Waals surface area contributed by atoms with Crippen LogP contribution in [0, 0.1) is 11.7 Å². The molecular weight excluding hydrogens is 469 g/mol. The van der Waals surface area contributed by atoms with Crippen molar-refractivity contribution in [2.24, 2.45) is 5.92 Å². The molecule has 0 bridgehead atoms. The van der Waals surface area contributed by atoms with Crippen molar-refractivity contribution < 1.29 is 22.4 Å². The molecule has 2 amide bonds. The number of nitrogens with one attached hydrogen (secondary N) is 1. The van der Waals surface area contributed by atoms with Crippen molar-refractivity contribution in [1.29, 1.82) is 0 Å². The first-order chi connectivity index (χ1) is 16.5. The van der Waals surface area contributed by atoms with E-state index in [0.717, 1.165) is 16.1 Å². The number of hydrogen-bond donors (Lipinski definition) is 1. The van der Waals surface area contributed by atoms with Gasteiger partial charge >= 0.3 is 0 Å². The normalized spacial score (nSPS) is 12.3. The fourth-order valence-corrected chi connectivity index (χ4v) is 4.72. The molecule has 0 unspecified atom stereocenters. The van der Waals surface area contributed by atoms with Gasteiger partial charge < -0.3 is 10.2 Å². The molecule has 0 aliphatic rings. The Morgan fingerprint density at radius 3 is 2.23 bits per heavy atom. The molecule has 0 saturated carbocycles. The third-order valence-electron chi connectivity index (χ3n) is 5.54. The van der Waals surface area contributed by atoms with Crippen LogP contribution in [-0.2, 0) is 26.2 Å². The van der Waals surface area contributed by atoms with Crippen molar-refractivity contribution in [3.05, 3.63) is 66.0 Å². The van der Waals surface area contributed by atoms with Crippen molar-refractivity contribution >= 4 is 27.5 Å². The molecule has 0 spiro atoms. The monoisotopic (exact) mass is 505 g/mol. The number of rotatable bonds is 13. The summed E-state index contributed by atoms with van der Waals surface area (Å²) in [6, 6.07) is 14.4. The molecule has 0 heterocycles. The van der Waals surface area contributed by atoms with Crippen LogP contribution in [0.25, 0.3) is 0 Å². The van der Waals surface area contributed by atoms with Crippen LogP contribution in [0.4, 0.5) is 10.1 Å². The van der Waals surface area contributed by atoms with Crippen LogP contribution in [0.2, 0.25) is 0 Å². The maximum atomic E-state index is 14.3. The number of amides is 2. The lowest BCUT2D eigenvalue weighted by Crippen LogP contribution is -2.49. The predicted octanol–water partition coefficient (Wildman–Crippen LogP) is 3.95. The summed E-state index contributed by atoms with van der Waals surface area (Å²) in [4.78, 5) is 27.8. The van der Waals surface area contributed by atoms with Gasteiger partial charge in [0.05, 0.1) is 11.9 Å². The Bertz CT molecular complexity index is 1080. The summed E-state index contributed by atoms with van der Waals surface area (Å²) in [6.45, 7) is 6.56. The number of halogens is 1. The number of carbonyl (C=O) groups is 2. The van der Waals surface area contributed by atoms with E-state index in [2.05, 4.69) is 5.32 Å². The average molecular weight is 506 g/mol. The summed E-state index contributed by atoms with van der Waals surface area (Å²) in [5.41, 5.74) is 0.836. The van der Waals surface area contributed by atoms with Gasteiger partial charge in [-0.1, -0.05) is 63.2 Å². The van der Waals surface area contributed by atoms with E-state index in [-0.39, 0.29) is 49.4 Å². The van der Waals surface area contributed by atoms with Gasteiger partial charge in [-0.2, -0.15) is 0 Å². The lowest BCUT2D eigenvalue weighted by molar-refractivity contribution is -0.141. The van der Waals surface area contributed by atoms with E-state index >= 15 is 0 Å². The molecule has 0 saturated heterocycles. The van der Waals surface area contributed by atoms with Gasteiger partial charge in [-0.25, -0.2) is 12.8 Å². The van der Waals surface area contributed by atoms with E-state index in [1.807, 2.05) is 51.1 Å². The number of benzene rings is 2. The molecule has 2 aromatic carbocycles. The molecule has 9 heteroatoms. The summed E-state index contributed by atoms with van der Waals surface area (Å²) < 4.78 is 39.9. The zero-order chi connectivity index (χ0) is 26.0. The minimum absolute atomic E-state index is 0.0151. The molecule has 0 aromatic heterocycles. The molecular formula is C26H36FN3O4S. The second-order valence-electron chi connectivity index (χ2n) is 8.96. The highest BCUT2D eigenvalue weighted by Crippen LogP contribution is 2.22. The van der Waals surface area contributed by atoms with Crippen LogP contribution in [0.5, 0.6) is 0 Å². The Kier molecular flexibility index (Phi) is 10.7. The minimum Gasteiger partial charge on any atom is -0.354 e. The molecule has 1 atom stereocenters. The molecule has 2 aromatic rings. The summed E-state index contributed by atoms with van der Waals surface area (Å²) in [5.74, 6) is -0.852. The third-order valence-corrected chi connectivity index (χ3v) is 6.72. The highest BCUT2D eigenvalue weighted by atomic mass is 32.2. The van der Waals surface area contributed by atoms with Crippen molar-refractivity contribution in [1.82, 2.24) is 10.2 Å². The highest BCUT2D eigenvalue weighted by Gasteiger charge is 2.29. The summed E-state index contributed by atoms with van der Waals surface area (Å²) >= 11 is 0. The molecule has 0 radical (unpaired) electrons. The van der Waals surface area contributed by atoms with Crippen LogP contribution < -0.4 is 9.62 Å². The molecule has 7 nitrogen and oxygen atoms in total. The fourth-order valence-electron chi connectivity index (χ4n) is 3.76. The zero-order valence-electron chi connectivity index (χ0n) is 20.9. The van der Waals surface area contributed by atoms with Gasteiger partial charge in [-0.15, -0.1) is 0 Å². The summed E-state index contributed by atoms with van der Waals surface area (Å²) in [7, 11) is -3.75. The number of carbonyl (C=O) groups excluding carboxylic acids is 2. The molecule has 0 aliphatic heterocycles. The van der Waals surface area contributed by atoms with Crippen LogP contribution in [0.3, 0.4) is 0 Å². The standard InChI is InChI=1S/C26H36FN3O4S/c1-5-23(26(32)28-18-20(2)3)29(19-21-12-7-6-8-13-21)25(31)16-11-17-30(35(4,33)34)24-15-10-9-14-22(24)27/h6-10,12-15,20,23H,5,11,16-19H2,1-4H3,(H,28,32)/t23-/m1/s1. The minimum atomic E-state index is -3.75. The van der Waals surface area contributed by atoms with Gasteiger partial charge in [0.1, 0.15) is 11.9 Å². The van der Waals surface area contributed by atoms with Crippen LogP contribution in [0.1, 0.15) is 45.6 Å². The SMILES string of the molecule is CC[C@H](C(=O)NCC(C)C)N(Cc1ccccc1)C(=O)CCCN(c1ccccc1F)S(C)(=O)=O. The first-order valence-electron chi connectivity index (χ1n) is 11.9. The number of sulfonamides is 1. The Hall–Kier alpha value is -2.94. The summed E-state index contributed by atoms with van der Waals surface area (Å²) in [5, 5.41) is 2.91. The lowest BCUT2D eigenvalue weighted by atomic mass is 10.1. The van der Waals surface area contributed by atoms with E-state index < -0.39 is 21.9 Å². The van der Waals surface area contributed by atoms with E-state index in [0.29, 0.717) is 13.0 Å². The second kappa shape index (κ2) is 13.2. The topological polar surface area (TPSA) is 86.8 Å².